The largest absolute Gasteiger partial charge is 0.508 e. The first-order valence-corrected chi connectivity index (χ1v) is 6.12. The second-order valence-corrected chi connectivity index (χ2v) is 4.90. The average molecular weight is 364 g/mol. The first-order chi connectivity index (χ1) is 8.38. The minimum Gasteiger partial charge on any atom is -0.508 e. The van der Waals surface area contributed by atoms with E-state index in [4.69, 9.17) is 0 Å². The van der Waals surface area contributed by atoms with Gasteiger partial charge in [-0.25, -0.2) is 0 Å². The van der Waals surface area contributed by atoms with E-state index in [0.29, 0.717) is 11.1 Å². The zero-order chi connectivity index (χ0) is 13.3. The average Bonchev–Trinajstić information content (AvgIpc) is 2.29. The van der Waals surface area contributed by atoms with Crippen LogP contribution in [0.4, 0.5) is 13.2 Å². The molecule has 1 N–H and O–H groups in total. The molecule has 5 heteroatoms. The Hall–Kier alpha value is -1.24. The van der Waals surface area contributed by atoms with Gasteiger partial charge in [0.2, 0.25) is 0 Å². The molecule has 0 atom stereocenters. The number of hydrogen-bond donors (Lipinski definition) is 1. The van der Waals surface area contributed by atoms with Crippen LogP contribution in [0.2, 0.25) is 0 Å². The molecule has 2 aromatic carbocycles. The predicted octanol–water partition coefficient (Wildman–Crippen LogP) is 4.68. The molecule has 2 aromatic rings. The molecular weight excluding hydrogens is 356 g/mol. The zero-order valence-corrected chi connectivity index (χ0v) is 11.2. The molecular formula is C13H8F3IO. The van der Waals surface area contributed by atoms with E-state index < -0.39 is 11.7 Å². The maximum absolute atomic E-state index is 12.6. The van der Waals surface area contributed by atoms with Gasteiger partial charge in [0.15, 0.2) is 0 Å². The summed E-state index contributed by atoms with van der Waals surface area (Å²) in [4.78, 5) is 0. The number of benzene rings is 2. The second-order valence-electron chi connectivity index (χ2n) is 3.74. The highest BCUT2D eigenvalue weighted by Gasteiger charge is 2.30. The lowest BCUT2D eigenvalue weighted by Crippen LogP contribution is -2.05. The molecule has 0 amide bonds. The Morgan fingerprint density at radius 2 is 1.56 bits per heavy atom. The van der Waals surface area contributed by atoms with Crippen molar-refractivity contribution in [1.29, 1.82) is 0 Å². The van der Waals surface area contributed by atoms with Crippen LogP contribution in [0.5, 0.6) is 5.75 Å². The molecule has 0 aliphatic carbocycles. The summed E-state index contributed by atoms with van der Waals surface area (Å²) in [5, 5.41) is 9.17. The summed E-state index contributed by atoms with van der Waals surface area (Å²) < 4.78 is 38.6. The molecule has 2 rings (SSSR count). The highest BCUT2D eigenvalue weighted by atomic mass is 127. The summed E-state index contributed by atoms with van der Waals surface area (Å²) in [6.07, 6.45) is -4.35. The van der Waals surface area contributed by atoms with Crippen molar-refractivity contribution in [3.63, 3.8) is 0 Å². The number of phenolic OH excluding ortho intramolecular Hbond substituents is 1. The minimum atomic E-state index is -4.35. The van der Waals surface area contributed by atoms with Crippen molar-refractivity contribution in [1.82, 2.24) is 0 Å². The lowest BCUT2D eigenvalue weighted by molar-refractivity contribution is -0.137. The summed E-state index contributed by atoms with van der Waals surface area (Å²) >= 11 is 1.99. The lowest BCUT2D eigenvalue weighted by Gasteiger charge is -2.11. The van der Waals surface area contributed by atoms with Gasteiger partial charge in [-0.2, -0.15) is 13.2 Å². The SMILES string of the molecule is Oc1ccc(-c2cc(C(F)(F)F)ccc2I)cc1. The van der Waals surface area contributed by atoms with Gasteiger partial charge in [0.1, 0.15) is 5.75 Å². The van der Waals surface area contributed by atoms with Crippen molar-refractivity contribution in [3.8, 4) is 16.9 Å². The van der Waals surface area contributed by atoms with Crippen LogP contribution in [-0.2, 0) is 6.18 Å². The molecule has 0 heterocycles. The topological polar surface area (TPSA) is 20.2 Å². The molecule has 0 aliphatic rings. The van der Waals surface area contributed by atoms with Crippen LogP contribution in [0.3, 0.4) is 0 Å². The van der Waals surface area contributed by atoms with Crippen molar-refractivity contribution in [2.45, 2.75) is 6.18 Å². The van der Waals surface area contributed by atoms with Crippen LogP contribution < -0.4 is 0 Å². The molecule has 0 unspecified atom stereocenters. The number of halogens is 4. The van der Waals surface area contributed by atoms with Gasteiger partial charge in [0.25, 0.3) is 0 Å². The number of rotatable bonds is 1. The first kappa shape index (κ1) is 13.2. The number of aromatic hydroxyl groups is 1. The van der Waals surface area contributed by atoms with Gasteiger partial charge in [-0.3, -0.25) is 0 Å². The molecule has 0 saturated carbocycles. The van der Waals surface area contributed by atoms with E-state index >= 15 is 0 Å². The third-order valence-corrected chi connectivity index (χ3v) is 3.41. The third-order valence-electron chi connectivity index (χ3n) is 2.47. The fourth-order valence-electron chi connectivity index (χ4n) is 1.56. The van der Waals surface area contributed by atoms with E-state index in [1.165, 1.54) is 18.2 Å². The molecule has 0 saturated heterocycles. The molecule has 0 radical (unpaired) electrons. The first-order valence-electron chi connectivity index (χ1n) is 5.04. The van der Waals surface area contributed by atoms with Gasteiger partial charge in [-0.15, -0.1) is 0 Å². The Morgan fingerprint density at radius 3 is 2.11 bits per heavy atom. The molecule has 94 valence electrons. The molecule has 18 heavy (non-hydrogen) atoms. The monoisotopic (exact) mass is 364 g/mol. The van der Waals surface area contributed by atoms with E-state index in [1.807, 2.05) is 22.6 Å². The van der Waals surface area contributed by atoms with Crippen LogP contribution in [0, 0.1) is 3.57 Å². The van der Waals surface area contributed by atoms with Crippen molar-refractivity contribution >= 4 is 22.6 Å². The summed E-state index contributed by atoms with van der Waals surface area (Å²) in [5.74, 6) is 0.0840. The van der Waals surface area contributed by atoms with Crippen molar-refractivity contribution in [2.75, 3.05) is 0 Å². The molecule has 0 spiro atoms. The molecule has 0 fully saturated rings. The predicted molar refractivity (Wildman–Crippen MR) is 71.3 cm³/mol. The van der Waals surface area contributed by atoms with E-state index in [9.17, 15) is 18.3 Å². The van der Waals surface area contributed by atoms with E-state index in [1.54, 1.807) is 12.1 Å². The quantitative estimate of drug-likeness (QED) is 0.729. The van der Waals surface area contributed by atoms with Gasteiger partial charge in [-0.1, -0.05) is 12.1 Å². The smallest absolute Gasteiger partial charge is 0.416 e. The number of alkyl halides is 3. The fraction of sp³-hybridized carbons (Fsp3) is 0.0769. The minimum absolute atomic E-state index is 0.0840. The van der Waals surface area contributed by atoms with E-state index in [-0.39, 0.29) is 5.75 Å². The normalized spacial score (nSPS) is 11.6. The van der Waals surface area contributed by atoms with Crippen LogP contribution in [-0.4, -0.2) is 5.11 Å². The van der Waals surface area contributed by atoms with Gasteiger partial charge >= 0.3 is 6.18 Å². The number of hydrogen-bond acceptors (Lipinski definition) is 1. The Bertz CT molecular complexity index is 561. The van der Waals surface area contributed by atoms with Crippen LogP contribution in [0.1, 0.15) is 5.56 Å². The van der Waals surface area contributed by atoms with Gasteiger partial charge in [0, 0.05) is 3.57 Å². The maximum Gasteiger partial charge on any atom is 0.416 e. The summed E-state index contributed by atoms with van der Waals surface area (Å²) in [6, 6.07) is 9.70. The summed E-state index contributed by atoms with van der Waals surface area (Å²) in [7, 11) is 0. The van der Waals surface area contributed by atoms with E-state index in [0.717, 1.165) is 15.7 Å². The molecule has 0 aliphatic heterocycles. The molecule has 0 aromatic heterocycles. The fourth-order valence-corrected chi connectivity index (χ4v) is 2.21. The van der Waals surface area contributed by atoms with Crippen LogP contribution >= 0.6 is 22.6 Å². The Balaban J connectivity index is 2.53. The maximum atomic E-state index is 12.6. The van der Waals surface area contributed by atoms with Crippen molar-refractivity contribution in [3.05, 3.63) is 51.6 Å². The Morgan fingerprint density at radius 1 is 0.944 bits per heavy atom. The molecule has 1 nitrogen and oxygen atoms in total. The zero-order valence-electron chi connectivity index (χ0n) is 9.00. The van der Waals surface area contributed by atoms with Crippen molar-refractivity contribution < 1.29 is 18.3 Å². The van der Waals surface area contributed by atoms with Crippen molar-refractivity contribution in [2.24, 2.45) is 0 Å². The summed E-state index contributed by atoms with van der Waals surface area (Å²) in [5.41, 5.74) is 0.472. The lowest BCUT2D eigenvalue weighted by atomic mass is 10.0. The standard InChI is InChI=1S/C13H8F3IO/c14-13(15,16)9-3-6-12(17)11(7-9)8-1-4-10(18)5-2-8/h1-7,18H. The van der Waals surface area contributed by atoms with Crippen LogP contribution in [0.25, 0.3) is 11.1 Å². The Labute approximate surface area is 115 Å². The second kappa shape index (κ2) is 4.79. The van der Waals surface area contributed by atoms with E-state index in [2.05, 4.69) is 0 Å². The van der Waals surface area contributed by atoms with Crippen LogP contribution in [0.15, 0.2) is 42.5 Å². The highest BCUT2D eigenvalue weighted by molar-refractivity contribution is 14.1. The number of phenols is 1. The van der Waals surface area contributed by atoms with Gasteiger partial charge in [-0.05, 0) is 64.0 Å². The van der Waals surface area contributed by atoms with Gasteiger partial charge < -0.3 is 5.11 Å². The third kappa shape index (κ3) is 2.77. The highest BCUT2D eigenvalue weighted by Crippen LogP contribution is 2.34. The van der Waals surface area contributed by atoms with Gasteiger partial charge in [0.05, 0.1) is 5.56 Å². The summed E-state index contributed by atoms with van der Waals surface area (Å²) in [6.45, 7) is 0. The molecule has 0 bridgehead atoms. The Kier molecular flexibility index (Phi) is 3.52.